The third-order valence-corrected chi connectivity index (χ3v) is 0.882. The van der Waals surface area contributed by atoms with Crippen molar-refractivity contribution >= 4 is 15.7 Å². The Kier molecular flexibility index (Phi) is 36.3. The number of phenolic OH excluding ortho intramolecular Hbond substituents is 2. The van der Waals surface area contributed by atoms with Gasteiger partial charge in [0.15, 0.2) is 11.5 Å². The average molecular weight is 511 g/mol. The predicted molar refractivity (Wildman–Crippen MR) is 61.4 cm³/mol. The fraction of sp³-hybridized carbons (Fsp3) is 0. The number of phenols is 2. The van der Waals surface area contributed by atoms with Gasteiger partial charge in [-0.05, 0) is 12.1 Å². The zero-order chi connectivity index (χ0) is 12.3. The molecule has 0 radical (unpaired) electrons. The third-order valence-electron chi connectivity index (χ3n) is 0.882. The monoisotopic (exact) mass is 511 g/mol. The van der Waals surface area contributed by atoms with Crippen LogP contribution in [0.15, 0.2) is 29.6 Å². The van der Waals surface area contributed by atoms with Crippen LogP contribution in [0.5, 0.6) is 11.5 Å². The summed E-state index contributed by atoms with van der Waals surface area (Å²) in [6, 6.07) is 6.15. The molecular formula is C6H15AsN3O7Pt+. The molecule has 10 nitrogen and oxygen atoms in total. The van der Waals surface area contributed by atoms with Crippen molar-refractivity contribution in [2.45, 2.75) is 0 Å². The molecule has 18 heavy (non-hydrogen) atoms. The Hall–Kier alpha value is -0.733. The van der Waals surface area contributed by atoms with Gasteiger partial charge in [0.1, 0.15) is 0 Å². The summed E-state index contributed by atoms with van der Waals surface area (Å²) in [5.41, 5.74) is 0. The van der Waals surface area contributed by atoms with E-state index in [4.69, 9.17) is 32.6 Å². The molecule has 1 aromatic rings. The van der Waals surface area contributed by atoms with E-state index in [1.165, 1.54) is 12.1 Å². The van der Waals surface area contributed by atoms with Crippen LogP contribution in [0.4, 0.5) is 0 Å². The average Bonchev–Trinajstić information content (AvgIpc) is 2.10. The van der Waals surface area contributed by atoms with Crippen molar-refractivity contribution in [3.8, 4) is 11.5 Å². The molecule has 0 saturated carbocycles. The number of hydrogen-bond acceptors (Lipinski definition) is 10. The molecule has 0 aliphatic heterocycles. The maximum atomic E-state index is 8.67. The molecule has 0 aromatic heterocycles. The fourth-order valence-electron chi connectivity index (χ4n) is 0.464. The molecule has 0 aliphatic rings. The number of nitrogens with zero attached hydrogens (tertiary/aromatic N) is 1. The molecule has 0 atom stereocenters. The van der Waals surface area contributed by atoms with Crippen molar-refractivity contribution in [2.24, 2.45) is 5.34 Å². The Balaban J connectivity index is -0.0000000497. The van der Waals surface area contributed by atoms with Gasteiger partial charge in [-0.3, -0.25) is 0 Å². The summed E-state index contributed by atoms with van der Waals surface area (Å²) in [4.78, 5) is 8.00. The minimum atomic E-state index is -3.19. The first-order valence-electron chi connectivity index (χ1n) is 3.24. The molecule has 0 aliphatic carbocycles. The number of hydrogen-bond donors (Lipinski definition) is 7. The topological polar surface area (TPSA) is 224 Å². The van der Waals surface area contributed by atoms with Crippen LogP contribution in [0.25, 0.3) is 0 Å². The van der Waals surface area contributed by atoms with Gasteiger partial charge in [0.2, 0.25) is 0 Å². The predicted octanol–water partition coefficient (Wildman–Crippen LogP) is -0.382. The van der Waals surface area contributed by atoms with Crippen LogP contribution >= 0.6 is 0 Å². The van der Waals surface area contributed by atoms with Crippen LogP contribution in [0.2, 0.25) is 0 Å². The number of para-hydroxylation sites is 2. The van der Waals surface area contributed by atoms with Crippen LogP contribution in [-0.4, -0.2) is 38.2 Å². The Morgan fingerprint density at radius 3 is 1.28 bits per heavy atom. The van der Waals surface area contributed by atoms with Gasteiger partial charge in [-0.2, -0.15) is 0 Å². The SMILES string of the molecule is N.N.O=N[O-].O[As](O)O.Oc1ccccc1O.[Pt+2]. The van der Waals surface area contributed by atoms with Crippen molar-refractivity contribution in [3.63, 3.8) is 0 Å². The van der Waals surface area contributed by atoms with E-state index >= 15 is 0 Å². The van der Waals surface area contributed by atoms with Gasteiger partial charge in [-0.25, -0.2) is 0 Å². The molecule has 1 rings (SSSR count). The van der Waals surface area contributed by atoms with E-state index < -0.39 is 15.7 Å². The van der Waals surface area contributed by atoms with Gasteiger partial charge in [0.05, 0.1) is 0 Å². The number of benzene rings is 1. The van der Waals surface area contributed by atoms with Crippen molar-refractivity contribution in [3.05, 3.63) is 34.4 Å². The summed E-state index contributed by atoms with van der Waals surface area (Å²) in [7, 11) is 0. The molecule has 0 fully saturated rings. The first-order chi connectivity index (χ1) is 6.95. The maximum absolute atomic E-state index is 8.67. The molecule has 0 saturated heterocycles. The Morgan fingerprint density at radius 1 is 1.00 bits per heavy atom. The smallest absolute Gasteiger partial charge is 0.504 e. The molecule has 11 N–H and O–H groups in total. The molecule has 0 unspecified atom stereocenters. The van der Waals surface area contributed by atoms with Gasteiger partial charge < -0.3 is 32.6 Å². The fourth-order valence-corrected chi connectivity index (χ4v) is 0.464. The Morgan fingerprint density at radius 2 is 1.17 bits per heavy atom. The molecule has 12 heteroatoms. The number of aromatic hydroxyl groups is 2. The van der Waals surface area contributed by atoms with E-state index in [0.29, 0.717) is 0 Å². The van der Waals surface area contributed by atoms with E-state index in [0.717, 1.165) is 5.34 Å². The van der Waals surface area contributed by atoms with Crippen LogP contribution in [0, 0.1) is 10.1 Å². The van der Waals surface area contributed by atoms with E-state index in [1.807, 2.05) is 0 Å². The second-order valence-corrected chi connectivity index (χ2v) is 2.96. The molecule has 110 valence electrons. The summed E-state index contributed by atoms with van der Waals surface area (Å²) in [5.74, 6) is -0.153. The Labute approximate surface area is 123 Å². The third kappa shape index (κ3) is 29.5. The minimum Gasteiger partial charge on any atom is -0.504 e. The summed E-state index contributed by atoms with van der Waals surface area (Å²) in [6.45, 7) is 0. The van der Waals surface area contributed by atoms with Crippen LogP contribution in [-0.2, 0) is 21.1 Å². The van der Waals surface area contributed by atoms with Gasteiger partial charge in [-0.15, -0.1) is 5.34 Å². The second-order valence-electron chi connectivity index (χ2n) is 1.83. The van der Waals surface area contributed by atoms with E-state index in [9.17, 15) is 0 Å². The summed E-state index contributed by atoms with van der Waals surface area (Å²) >= 11 is -3.19. The van der Waals surface area contributed by atoms with Gasteiger partial charge in [-0.1, -0.05) is 12.1 Å². The van der Waals surface area contributed by atoms with Gasteiger partial charge >= 0.3 is 49.0 Å². The standard InChI is InChI=1S/C6H6O2.AsH3O3.HNO2.2H3N.Pt/c7-5-3-1-2-4-6(5)8;2-1(3)4;2-1-3;;;/h1-4,7-8H;2-4H;(H,2,3);2*1H3;/q;;;;;+2/p-1. The molecule has 0 bridgehead atoms. The molecule has 0 spiro atoms. The normalized spacial score (nSPS) is 6.67. The van der Waals surface area contributed by atoms with Gasteiger partial charge in [0, 0.05) is 0 Å². The second kappa shape index (κ2) is 21.5. The zero-order valence-electron chi connectivity index (χ0n) is 8.99. The first kappa shape index (κ1) is 30.4. The largest absolute Gasteiger partial charge is 2.00 e. The van der Waals surface area contributed by atoms with Crippen molar-refractivity contribution in [2.75, 3.05) is 0 Å². The Bertz CT molecular complexity index is 257. The van der Waals surface area contributed by atoms with E-state index in [2.05, 4.69) is 0 Å². The van der Waals surface area contributed by atoms with E-state index in [1.54, 1.807) is 12.1 Å². The van der Waals surface area contributed by atoms with Crippen LogP contribution < -0.4 is 12.3 Å². The van der Waals surface area contributed by atoms with Crippen molar-refractivity contribution in [1.29, 1.82) is 0 Å². The molecule has 0 heterocycles. The summed E-state index contributed by atoms with van der Waals surface area (Å²) in [6.07, 6.45) is 0. The van der Waals surface area contributed by atoms with Crippen LogP contribution in [0.1, 0.15) is 0 Å². The molecular weight excluding hydrogens is 496 g/mol. The van der Waals surface area contributed by atoms with Crippen molar-refractivity contribution < 1.29 is 43.6 Å². The van der Waals surface area contributed by atoms with E-state index in [-0.39, 0.29) is 44.9 Å². The van der Waals surface area contributed by atoms with Crippen molar-refractivity contribution in [1.82, 2.24) is 12.3 Å². The van der Waals surface area contributed by atoms with Gasteiger partial charge in [0.25, 0.3) is 0 Å². The zero-order valence-corrected chi connectivity index (χ0v) is 13.1. The molecule has 0 amide bonds. The number of rotatable bonds is 0. The van der Waals surface area contributed by atoms with Crippen LogP contribution in [0.3, 0.4) is 0 Å². The minimum absolute atomic E-state index is 0. The summed E-state index contributed by atoms with van der Waals surface area (Å²) < 4.78 is 21.9. The maximum Gasteiger partial charge on any atom is 2.00 e. The quantitative estimate of drug-likeness (QED) is 0.104. The first-order valence-corrected chi connectivity index (χ1v) is 5.76. The molecule has 1 aromatic carbocycles. The summed E-state index contributed by atoms with van der Waals surface area (Å²) in [5, 5.41) is 26.3.